The van der Waals surface area contributed by atoms with Crippen LogP contribution in [0.25, 0.3) is 0 Å². The van der Waals surface area contributed by atoms with Gasteiger partial charge in [-0.2, -0.15) is 4.31 Å². The molecule has 0 unspecified atom stereocenters. The third-order valence-corrected chi connectivity index (χ3v) is 9.27. The standard InChI is InChI=1S/C31H38N4O7S/c1-20-6-13-26(14-7-20)43(39,40)34(4)18-29-21(2)17-35(22(3)19-36)30(37)27-16-24(10-15-28(27)42-29)33-31(38)32-23-8-11-25(41-5)12-9-23/h6-16,21-22,29,36H,17-19H2,1-5H3,(H2,32,33,38)/t21-,22+,29-/m1/s1. The average Bonchev–Trinajstić information content (AvgIpc) is 2.99. The molecular weight excluding hydrogens is 572 g/mol. The van der Waals surface area contributed by atoms with Gasteiger partial charge in [-0.15, -0.1) is 0 Å². The van der Waals surface area contributed by atoms with E-state index < -0.39 is 28.2 Å². The molecule has 1 aliphatic rings. The molecule has 3 amide bonds. The van der Waals surface area contributed by atoms with Crippen LogP contribution in [-0.4, -0.2) is 80.7 Å². The number of hydrogen-bond acceptors (Lipinski definition) is 7. The number of urea groups is 1. The SMILES string of the molecule is COc1ccc(NC(=O)Nc2ccc3c(c2)C(=O)N([C@@H](C)CO)C[C@@H](C)[C@@H](CN(C)S(=O)(=O)c2ccc(C)cc2)O3)cc1. The Morgan fingerprint density at radius 3 is 2.35 bits per heavy atom. The first-order valence-corrected chi connectivity index (χ1v) is 15.3. The lowest BCUT2D eigenvalue weighted by Gasteiger charge is -2.38. The minimum atomic E-state index is -3.80. The van der Waals surface area contributed by atoms with Gasteiger partial charge in [-0.3, -0.25) is 4.79 Å². The number of benzene rings is 3. The van der Waals surface area contributed by atoms with Crippen molar-refractivity contribution in [3.63, 3.8) is 0 Å². The number of aryl methyl sites for hydroxylation is 1. The van der Waals surface area contributed by atoms with Gasteiger partial charge in [-0.25, -0.2) is 13.2 Å². The highest BCUT2D eigenvalue weighted by Gasteiger charge is 2.35. The summed E-state index contributed by atoms with van der Waals surface area (Å²) >= 11 is 0. The summed E-state index contributed by atoms with van der Waals surface area (Å²) in [7, 11) is -0.749. The molecule has 4 rings (SSSR count). The maximum Gasteiger partial charge on any atom is 0.323 e. The molecule has 230 valence electrons. The molecule has 0 bridgehead atoms. The number of nitrogens with zero attached hydrogens (tertiary/aromatic N) is 2. The van der Waals surface area contributed by atoms with Crippen molar-refractivity contribution in [1.82, 2.24) is 9.21 Å². The Kier molecular flexibility index (Phi) is 9.95. The number of likely N-dealkylation sites (N-methyl/N-ethyl adjacent to an activating group) is 1. The molecular formula is C31H38N4O7S. The fraction of sp³-hybridized carbons (Fsp3) is 0.355. The summed E-state index contributed by atoms with van der Waals surface area (Å²) in [5.41, 5.74) is 2.03. The summed E-state index contributed by atoms with van der Waals surface area (Å²) in [5, 5.41) is 15.4. The van der Waals surface area contributed by atoms with E-state index in [-0.39, 0.29) is 47.7 Å². The molecule has 3 aromatic carbocycles. The third-order valence-electron chi connectivity index (χ3n) is 7.44. The van der Waals surface area contributed by atoms with Crippen LogP contribution in [0.2, 0.25) is 0 Å². The molecule has 0 saturated heterocycles. The zero-order chi connectivity index (χ0) is 31.3. The number of anilines is 2. The summed E-state index contributed by atoms with van der Waals surface area (Å²) < 4.78 is 39.4. The summed E-state index contributed by atoms with van der Waals surface area (Å²) in [4.78, 5) is 28.1. The fourth-order valence-corrected chi connectivity index (χ4v) is 5.91. The van der Waals surface area contributed by atoms with Crippen molar-refractivity contribution in [1.29, 1.82) is 0 Å². The molecule has 43 heavy (non-hydrogen) atoms. The van der Waals surface area contributed by atoms with Crippen LogP contribution >= 0.6 is 0 Å². The molecule has 1 aliphatic heterocycles. The Hall–Kier alpha value is -4.13. The number of sulfonamides is 1. The average molecular weight is 611 g/mol. The van der Waals surface area contributed by atoms with E-state index in [9.17, 15) is 23.1 Å². The number of nitrogens with one attached hydrogen (secondary N) is 2. The number of carbonyl (C=O) groups is 2. The van der Waals surface area contributed by atoms with Crippen molar-refractivity contribution in [2.75, 3.05) is 44.5 Å². The molecule has 3 N–H and O–H groups in total. The van der Waals surface area contributed by atoms with Gasteiger partial charge in [0.15, 0.2) is 0 Å². The Morgan fingerprint density at radius 1 is 1.09 bits per heavy atom. The third kappa shape index (κ3) is 7.45. The first-order chi connectivity index (χ1) is 20.4. The van der Waals surface area contributed by atoms with Crippen LogP contribution in [0.5, 0.6) is 11.5 Å². The van der Waals surface area contributed by atoms with Gasteiger partial charge in [-0.05, 0) is 68.4 Å². The minimum Gasteiger partial charge on any atom is -0.497 e. The molecule has 11 nitrogen and oxygen atoms in total. The van der Waals surface area contributed by atoms with Crippen LogP contribution in [-0.2, 0) is 10.0 Å². The van der Waals surface area contributed by atoms with Gasteiger partial charge in [0.25, 0.3) is 5.91 Å². The number of ether oxygens (including phenoxy) is 2. The number of amides is 3. The zero-order valence-electron chi connectivity index (χ0n) is 24.9. The van der Waals surface area contributed by atoms with Gasteiger partial charge in [0.1, 0.15) is 17.6 Å². The van der Waals surface area contributed by atoms with Crippen molar-refractivity contribution in [3.05, 3.63) is 77.9 Å². The van der Waals surface area contributed by atoms with Crippen molar-refractivity contribution in [2.24, 2.45) is 5.92 Å². The lowest BCUT2D eigenvalue weighted by molar-refractivity contribution is 0.0387. The molecule has 0 aliphatic carbocycles. The highest BCUT2D eigenvalue weighted by Crippen LogP contribution is 2.31. The van der Waals surface area contributed by atoms with Gasteiger partial charge >= 0.3 is 6.03 Å². The van der Waals surface area contributed by atoms with E-state index in [4.69, 9.17) is 9.47 Å². The van der Waals surface area contributed by atoms with E-state index in [2.05, 4.69) is 10.6 Å². The van der Waals surface area contributed by atoms with Crippen LogP contribution < -0.4 is 20.1 Å². The Balaban J connectivity index is 1.59. The summed E-state index contributed by atoms with van der Waals surface area (Å²) in [5.74, 6) is 0.245. The highest BCUT2D eigenvalue weighted by molar-refractivity contribution is 7.89. The second-order valence-electron chi connectivity index (χ2n) is 10.7. The van der Waals surface area contributed by atoms with Gasteiger partial charge in [-0.1, -0.05) is 24.6 Å². The second kappa shape index (κ2) is 13.4. The number of methoxy groups -OCH3 is 1. The van der Waals surface area contributed by atoms with E-state index in [1.165, 1.54) is 17.4 Å². The summed E-state index contributed by atoms with van der Waals surface area (Å²) in [6.45, 7) is 5.49. The molecule has 12 heteroatoms. The van der Waals surface area contributed by atoms with Gasteiger partial charge in [0, 0.05) is 30.9 Å². The normalized spacial score (nSPS) is 17.7. The van der Waals surface area contributed by atoms with Gasteiger partial charge < -0.3 is 30.1 Å². The number of hydrogen-bond donors (Lipinski definition) is 3. The van der Waals surface area contributed by atoms with Crippen molar-refractivity contribution >= 4 is 33.3 Å². The molecule has 0 spiro atoms. The van der Waals surface area contributed by atoms with E-state index in [1.54, 1.807) is 79.6 Å². The number of carbonyl (C=O) groups excluding carboxylic acids is 2. The van der Waals surface area contributed by atoms with Crippen molar-refractivity contribution in [3.8, 4) is 11.5 Å². The molecule has 0 fully saturated rings. The largest absolute Gasteiger partial charge is 0.497 e. The van der Waals surface area contributed by atoms with Crippen LogP contribution in [0.4, 0.5) is 16.2 Å². The predicted molar refractivity (Wildman–Crippen MR) is 164 cm³/mol. The van der Waals surface area contributed by atoms with Crippen LogP contribution in [0, 0.1) is 12.8 Å². The Labute approximate surface area is 252 Å². The maximum absolute atomic E-state index is 13.7. The number of fused-ring (bicyclic) bond motifs is 1. The first-order valence-electron chi connectivity index (χ1n) is 13.9. The highest BCUT2D eigenvalue weighted by atomic mass is 32.2. The number of aliphatic hydroxyl groups is 1. The Morgan fingerprint density at radius 2 is 1.72 bits per heavy atom. The lowest BCUT2D eigenvalue weighted by atomic mass is 9.99. The first kappa shape index (κ1) is 31.8. The number of aliphatic hydroxyl groups excluding tert-OH is 1. The van der Waals surface area contributed by atoms with Crippen LogP contribution in [0.1, 0.15) is 29.8 Å². The topological polar surface area (TPSA) is 138 Å². The van der Waals surface area contributed by atoms with E-state index in [0.29, 0.717) is 17.1 Å². The van der Waals surface area contributed by atoms with E-state index in [1.807, 2.05) is 13.8 Å². The summed E-state index contributed by atoms with van der Waals surface area (Å²) in [6, 6.07) is 17.1. The van der Waals surface area contributed by atoms with Crippen LogP contribution in [0.3, 0.4) is 0 Å². The molecule has 0 saturated carbocycles. The van der Waals surface area contributed by atoms with E-state index in [0.717, 1.165) is 5.56 Å². The van der Waals surface area contributed by atoms with Crippen molar-refractivity contribution < 1.29 is 32.6 Å². The molecule has 0 radical (unpaired) electrons. The summed E-state index contributed by atoms with van der Waals surface area (Å²) in [6.07, 6.45) is -0.623. The molecule has 3 aromatic rings. The van der Waals surface area contributed by atoms with E-state index >= 15 is 0 Å². The molecule has 1 heterocycles. The molecule has 0 aromatic heterocycles. The maximum atomic E-state index is 13.7. The van der Waals surface area contributed by atoms with Gasteiger partial charge in [0.05, 0.1) is 36.8 Å². The van der Waals surface area contributed by atoms with Gasteiger partial charge in [0.2, 0.25) is 10.0 Å². The van der Waals surface area contributed by atoms with Crippen LogP contribution in [0.15, 0.2) is 71.6 Å². The smallest absolute Gasteiger partial charge is 0.323 e. The fourth-order valence-electron chi connectivity index (χ4n) is 4.73. The number of rotatable bonds is 9. The lowest BCUT2D eigenvalue weighted by Crippen LogP contribution is -2.50. The quantitative estimate of drug-likeness (QED) is 0.330. The predicted octanol–water partition coefficient (Wildman–Crippen LogP) is 4.19. The minimum absolute atomic E-state index is 0.0244. The second-order valence-corrected chi connectivity index (χ2v) is 12.8. The monoisotopic (exact) mass is 610 g/mol. The van der Waals surface area contributed by atoms with Crippen molar-refractivity contribution in [2.45, 2.75) is 37.8 Å². The zero-order valence-corrected chi connectivity index (χ0v) is 25.7. The Bertz CT molecular complexity index is 1550. The molecule has 3 atom stereocenters.